The Kier molecular flexibility index (Phi) is 4.92. The second kappa shape index (κ2) is 8.09. The highest BCUT2D eigenvalue weighted by atomic mass is 16.6. The number of nitriles is 1. The van der Waals surface area contributed by atoms with E-state index in [1.807, 2.05) is 43.3 Å². The number of nitrogens with zero attached hydrogens (tertiary/aromatic N) is 2. The Bertz CT molecular complexity index is 1400. The molecule has 33 heavy (non-hydrogen) atoms. The molecule has 0 saturated carbocycles. The van der Waals surface area contributed by atoms with Crippen LogP contribution in [0.4, 0.5) is 0 Å². The van der Waals surface area contributed by atoms with Gasteiger partial charge in [0.15, 0.2) is 11.5 Å². The molecule has 6 nitrogen and oxygen atoms in total. The van der Waals surface area contributed by atoms with E-state index < -0.39 is 0 Å². The smallest absolute Gasteiger partial charge is 0.171 e. The van der Waals surface area contributed by atoms with Crippen molar-refractivity contribution < 1.29 is 9.47 Å². The third kappa shape index (κ3) is 3.69. The van der Waals surface area contributed by atoms with Crippen LogP contribution < -0.4 is 14.8 Å². The molecule has 6 heteroatoms. The summed E-state index contributed by atoms with van der Waals surface area (Å²) in [5.74, 6) is 2.15. The van der Waals surface area contributed by atoms with Crippen LogP contribution in [0.1, 0.15) is 28.9 Å². The zero-order valence-electron chi connectivity index (χ0n) is 18.6. The van der Waals surface area contributed by atoms with Crippen LogP contribution in [0.2, 0.25) is 0 Å². The minimum Gasteiger partial charge on any atom is -0.486 e. The van der Waals surface area contributed by atoms with Gasteiger partial charge < -0.3 is 19.8 Å². The molecule has 3 heterocycles. The van der Waals surface area contributed by atoms with Gasteiger partial charge in [0, 0.05) is 34.2 Å². The number of hydrogen-bond donors (Lipinski definition) is 2. The largest absolute Gasteiger partial charge is 0.486 e. The molecule has 0 fully saturated rings. The van der Waals surface area contributed by atoms with Gasteiger partial charge in [-0.15, -0.1) is 0 Å². The first-order chi connectivity index (χ1) is 16.2. The molecule has 0 spiro atoms. The van der Waals surface area contributed by atoms with Crippen molar-refractivity contribution in [1.82, 2.24) is 15.3 Å². The zero-order valence-corrected chi connectivity index (χ0v) is 18.6. The number of nitrogens with one attached hydrogen (secondary N) is 2. The van der Waals surface area contributed by atoms with E-state index >= 15 is 0 Å². The van der Waals surface area contributed by atoms with Crippen molar-refractivity contribution in [2.24, 2.45) is 5.92 Å². The predicted octanol–water partition coefficient (Wildman–Crippen LogP) is 4.43. The first-order valence-corrected chi connectivity index (χ1v) is 11.6. The van der Waals surface area contributed by atoms with Crippen LogP contribution >= 0.6 is 0 Å². The van der Waals surface area contributed by atoms with Crippen molar-refractivity contribution in [2.45, 2.75) is 32.3 Å². The number of rotatable bonds is 4. The monoisotopic (exact) mass is 438 g/mol. The molecular weight excluding hydrogens is 412 g/mol. The molecule has 0 saturated heterocycles. The lowest BCUT2D eigenvalue weighted by molar-refractivity contribution is 0.0915. The van der Waals surface area contributed by atoms with Crippen LogP contribution in [0.5, 0.6) is 11.5 Å². The van der Waals surface area contributed by atoms with Crippen molar-refractivity contribution in [3.8, 4) is 17.6 Å². The fourth-order valence-electron chi connectivity index (χ4n) is 5.16. The van der Waals surface area contributed by atoms with Crippen molar-refractivity contribution in [3.05, 3.63) is 65.0 Å². The number of ether oxygens (including phenoxy) is 2. The Balaban J connectivity index is 1.11. The van der Waals surface area contributed by atoms with Crippen LogP contribution in [0.3, 0.4) is 0 Å². The van der Waals surface area contributed by atoms with Gasteiger partial charge in [-0.1, -0.05) is 0 Å². The average Bonchev–Trinajstić information content (AvgIpc) is 3.21. The zero-order chi connectivity index (χ0) is 22.4. The normalized spacial score (nSPS) is 19.4. The molecule has 0 amide bonds. The Morgan fingerprint density at radius 1 is 1.15 bits per heavy atom. The molecule has 0 bridgehead atoms. The molecule has 166 valence electrons. The molecular formula is C27H26N4O2. The van der Waals surface area contributed by atoms with E-state index in [1.165, 1.54) is 16.6 Å². The molecule has 4 aromatic rings. The molecule has 6 rings (SSSR count). The lowest BCUT2D eigenvalue weighted by Gasteiger charge is -2.29. The summed E-state index contributed by atoms with van der Waals surface area (Å²) < 4.78 is 12.3. The maximum absolute atomic E-state index is 9.27. The number of aryl methyl sites for hydroxylation is 2. The minimum absolute atomic E-state index is 0.0326. The fraction of sp³-hybridized carbons (Fsp3) is 0.333. The Labute approximate surface area is 192 Å². The van der Waals surface area contributed by atoms with Crippen molar-refractivity contribution in [2.75, 3.05) is 19.7 Å². The maximum Gasteiger partial charge on any atom is 0.171 e. The maximum atomic E-state index is 9.27. The number of aromatic amines is 1. The molecule has 2 aromatic carbocycles. The van der Waals surface area contributed by atoms with Gasteiger partial charge in [-0.3, -0.25) is 4.98 Å². The first kappa shape index (κ1) is 20.1. The van der Waals surface area contributed by atoms with Gasteiger partial charge in [0.05, 0.1) is 17.1 Å². The summed E-state index contributed by atoms with van der Waals surface area (Å²) in [4.78, 5) is 8.16. The quantitative estimate of drug-likeness (QED) is 0.493. The van der Waals surface area contributed by atoms with Gasteiger partial charge >= 0.3 is 0 Å². The van der Waals surface area contributed by atoms with Gasteiger partial charge in [-0.25, -0.2) is 0 Å². The number of hydrogen-bond acceptors (Lipinski definition) is 5. The Morgan fingerprint density at radius 2 is 2.09 bits per heavy atom. The summed E-state index contributed by atoms with van der Waals surface area (Å²) in [6.45, 7) is 4.22. The van der Waals surface area contributed by atoms with Crippen LogP contribution in [-0.4, -0.2) is 35.8 Å². The van der Waals surface area contributed by atoms with E-state index in [0.717, 1.165) is 71.5 Å². The summed E-state index contributed by atoms with van der Waals surface area (Å²) in [6.07, 6.45) is 3.19. The summed E-state index contributed by atoms with van der Waals surface area (Å²) in [6, 6.07) is 16.2. The molecule has 2 N–H and O–H groups in total. The highest BCUT2D eigenvalue weighted by molar-refractivity contribution is 5.88. The SMILES string of the molecule is Cc1ccc2c3c(ccc2n1)OC[C@H](CNC[C@H]1CCc2[nH]c4ccc(C#N)cc4c2C1)O3. The Hall–Kier alpha value is -3.56. The third-order valence-electron chi connectivity index (χ3n) is 6.86. The van der Waals surface area contributed by atoms with Crippen LogP contribution in [0.15, 0.2) is 42.5 Å². The third-order valence-corrected chi connectivity index (χ3v) is 6.86. The summed E-state index contributed by atoms with van der Waals surface area (Å²) >= 11 is 0. The van der Waals surface area contributed by atoms with E-state index in [1.54, 1.807) is 0 Å². The van der Waals surface area contributed by atoms with Crippen LogP contribution in [-0.2, 0) is 12.8 Å². The summed E-state index contributed by atoms with van der Waals surface area (Å²) in [5.41, 5.74) is 6.48. The molecule has 0 radical (unpaired) electrons. The van der Waals surface area contributed by atoms with Gasteiger partial charge in [-0.05, 0) is 86.7 Å². The molecule has 2 atom stereocenters. The topological polar surface area (TPSA) is 83.0 Å². The molecule has 0 unspecified atom stereocenters. The van der Waals surface area contributed by atoms with E-state index in [0.29, 0.717) is 12.5 Å². The number of fused-ring (bicyclic) bond motifs is 6. The molecule has 1 aliphatic heterocycles. The van der Waals surface area contributed by atoms with Crippen molar-refractivity contribution in [1.29, 1.82) is 5.26 Å². The average molecular weight is 439 g/mol. The lowest BCUT2D eigenvalue weighted by Crippen LogP contribution is -2.40. The standard InChI is InChI=1S/C27H26N4O2/c1-16-2-5-20-23(30-16)8-9-26-27(20)33-19(15-32-26)14-29-13-18-4-7-25-22(11-18)21-10-17(12-28)3-6-24(21)31-25/h2-3,5-6,8-10,18-19,29,31H,4,7,11,13-15H2,1H3/t18-,19-/m0/s1. The Morgan fingerprint density at radius 3 is 3.00 bits per heavy atom. The second-order valence-corrected chi connectivity index (χ2v) is 9.18. The highest BCUT2D eigenvalue weighted by Crippen LogP contribution is 2.38. The minimum atomic E-state index is -0.0326. The number of pyridine rings is 1. The fourth-order valence-corrected chi connectivity index (χ4v) is 5.16. The van der Waals surface area contributed by atoms with Gasteiger partial charge in [0.1, 0.15) is 12.7 Å². The number of aromatic nitrogens is 2. The number of H-pyrrole nitrogens is 1. The molecule has 2 aliphatic rings. The number of benzene rings is 2. The van der Waals surface area contributed by atoms with Crippen LogP contribution in [0.25, 0.3) is 21.8 Å². The second-order valence-electron chi connectivity index (χ2n) is 9.18. The van der Waals surface area contributed by atoms with Gasteiger partial charge in [0.2, 0.25) is 0 Å². The highest BCUT2D eigenvalue weighted by Gasteiger charge is 2.25. The van der Waals surface area contributed by atoms with Crippen LogP contribution in [0, 0.1) is 24.2 Å². The summed E-state index contributed by atoms with van der Waals surface area (Å²) in [7, 11) is 0. The molecule has 1 aliphatic carbocycles. The van der Waals surface area contributed by atoms with Gasteiger partial charge in [0.25, 0.3) is 0 Å². The summed E-state index contributed by atoms with van der Waals surface area (Å²) in [5, 5.41) is 15.1. The van der Waals surface area contributed by atoms with E-state index in [-0.39, 0.29) is 6.10 Å². The van der Waals surface area contributed by atoms with Gasteiger partial charge in [-0.2, -0.15) is 5.26 Å². The lowest BCUT2D eigenvalue weighted by atomic mass is 9.86. The predicted molar refractivity (Wildman–Crippen MR) is 128 cm³/mol. The van der Waals surface area contributed by atoms with Crippen molar-refractivity contribution >= 4 is 21.8 Å². The van der Waals surface area contributed by atoms with E-state index in [4.69, 9.17) is 9.47 Å². The van der Waals surface area contributed by atoms with E-state index in [2.05, 4.69) is 27.4 Å². The van der Waals surface area contributed by atoms with E-state index in [9.17, 15) is 5.26 Å². The first-order valence-electron chi connectivity index (χ1n) is 11.6. The molecule has 2 aromatic heterocycles. The van der Waals surface area contributed by atoms with Crippen molar-refractivity contribution in [3.63, 3.8) is 0 Å².